The molecule has 3 aromatic heterocycles. The van der Waals surface area contributed by atoms with E-state index in [1.165, 1.54) is 19.2 Å². The number of hydrogen-bond acceptors (Lipinski definition) is 8. The number of nitrogens with one attached hydrogen (secondary N) is 2. The van der Waals surface area contributed by atoms with Gasteiger partial charge in [0, 0.05) is 36.4 Å². The standard InChI is InChI=1S/C25H24N6O3S2/c1-34-19-8-10-20(11-9-19)36(32,33)28-14-5-13-26-24-27-15-12-21(29-24)23-22(18-6-3-2-4-7-18)30-25-31(23)16-17-35-25/h2-4,6-12,15-17,28H,5,13-14H2,1H3,(H,26,27,29). The lowest BCUT2D eigenvalue weighted by Gasteiger charge is -2.09. The Morgan fingerprint density at radius 1 is 1.00 bits per heavy atom. The van der Waals surface area contributed by atoms with Crippen LogP contribution in [0.15, 0.2) is 83.3 Å². The molecular formula is C25H24N6O3S2. The van der Waals surface area contributed by atoms with E-state index in [1.807, 2.05) is 52.4 Å². The monoisotopic (exact) mass is 520 g/mol. The van der Waals surface area contributed by atoms with E-state index in [1.54, 1.807) is 29.7 Å². The van der Waals surface area contributed by atoms with Crippen LogP contribution in [-0.2, 0) is 10.0 Å². The minimum absolute atomic E-state index is 0.196. The average Bonchev–Trinajstić information content (AvgIpc) is 3.51. The van der Waals surface area contributed by atoms with Crippen LogP contribution in [0.25, 0.3) is 27.6 Å². The minimum atomic E-state index is -3.59. The Bertz CT molecular complexity index is 1560. The van der Waals surface area contributed by atoms with Gasteiger partial charge in [0.15, 0.2) is 4.96 Å². The fourth-order valence-electron chi connectivity index (χ4n) is 3.74. The van der Waals surface area contributed by atoms with Crippen molar-refractivity contribution >= 4 is 32.3 Å². The number of anilines is 1. The maximum atomic E-state index is 12.5. The van der Waals surface area contributed by atoms with E-state index in [2.05, 4.69) is 15.0 Å². The molecule has 0 atom stereocenters. The number of thiazole rings is 1. The molecule has 3 heterocycles. The van der Waals surface area contributed by atoms with E-state index in [-0.39, 0.29) is 11.4 Å². The van der Waals surface area contributed by atoms with Crippen LogP contribution in [0.1, 0.15) is 6.42 Å². The second-order valence-electron chi connectivity index (χ2n) is 7.85. The summed E-state index contributed by atoms with van der Waals surface area (Å²) in [5.74, 6) is 1.07. The van der Waals surface area contributed by atoms with E-state index in [4.69, 9.17) is 14.7 Å². The van der Waals surface area contributed by atoms with Gasteiger partial charge in [-0.25, -0.2) is 28.1 Å². The van der Waals surface area contributed by atoms with Gasteiger partial charge in [0.1, 0.15) is 11.4 Å². The Kier molecular flexibility index (Phi) is 6.94. The lowest BCUT2D eigenvalue weighted by atomic mass is 10.1. The number of fused-ring (bicyclic) bond motifs is 1. The van der Waals surface area contributed by atoms with Gasteiger partial charge in [0.2, 0.25) is 16.0 Å². The first-order valence-corrected chi connectivity index (χ1v) is 13.6. The Morgan fingerprint density at radius 3 is 2.58 bits per heavy atom. The van der Waals surface area contributed by atoms with Crippen molar-refractivity contribution < 1.29 is 13.2 Å². The molecule has 2 aromatic carbocycles. The Morgan fingerprint density at radius 2 is 1.81 bits per heavy atom. The van der Waals surface area contributed by atoms with Gasteiger partial charge in [-0.1, -0.05) is 30.3 Å². The highest BCUT2D eigenvalue weighted by molar-refractivity contribution is 7.89. The van der Waals surface area contributed by atoms with Gasteiger partial charge >= 0.3 is 0 Å². The molecule has 0 unspecified atom stereocenters. The fourth-order valence-corrected chi connectivity index (χ4v) is 5.52. The van der Waals surface area contributed by atoms with Crippen molar-refractivity contribution in [3.63, 3.8) is 0 Å². The molecule has 2 N–H and O–H groups in total. The SMILES string of the molecule is COc1ccc(S(=O)(=O)NCCCNc2nccc(-c3c(-c4ccccc4)nc4sccn34)n2)cc1. The second-order valence-corrected chi connectivity index (χ2v) is 10.5. The van der Waals surface area contributed by atoms with Gasteiger partial charge in [-0.05, 0) is 36.8 Å². The molecule has 9 nitrogen and oxygen atoms in total. The van der Waals surface area contributed by atoms with E-state index >= 15 is 0 Å². The number of ether oxygens (including phenoxy) is 1. The van der Waals surface area contributed by atoms with E-state index in [0.29, 0.717) is 24.7 Å². The second kappa shape index (κ2) is 10.4. The van der Waals surface area contributed by atoms with Crippen molar-refractivity contribution in [2.75, 3.05) is 25.5 Å². The highest BCUT2D eigenvalue weighted by Crippen LogP contribution is 2.33. The topological polar surface area (TPSA) is 111 Å². The molecule has 0 aliphatic carbocycles. The molecule has 0 radical (unpaired) electrons. The number of aromatic nitrogens is 4. The smallest absolute Gasteiger partial charge is 0.240 e. The maximum absolute atomic E-state index is 12.5. The summed E-state index contributed by atoms with van der Waals surface area (Å²) in [6.07, 6.45) is 4.25. The summed E-state index contributed by atoms with van der Waals surface area (Å²) in [6, 6.07) is 18.2. The van der Waals surface area contributed by atoms with Gasteiger partial charge in [-0.2, -0.15) is 0 Å². The lowest BCUT2D eigenvalue weighted by molar-refractivity contribution is 0.414. The molecule has 5 rings (SSSR count). The van der Waals surface area contributed by atoms with Crippen LogP contribution in [0.5, 0.6) is 5.75 Å². The zero-order valence-corrected chi connectivity index (χ0v) is 21.1. The van der Waals surface area contributed by atoms with Gasteiger partial charge in [0.25, 0.3) is 0 Å². The number of nitrogens with zero attached hydrogens (tertiary/aromatic N) is 4. The first-order valence-electron chi connectivity index (χ1n) is 11.3. The van der Waals surface area contributed by atoms with Gasteiger partial charge < -0.3 is 10.1 Å². The number of hydrogen-bond donors (Lipinski definition) is 2. The summed E-state index contributed by atoms with van der Waals surface area (Å²) in [6.45, 7) is 0.776. The summed E-state index contributed by atoms with van der Waals surface area (Å²) in [5, 5.41) is 5.18. The first kappa shape index (κ1) is 23.9. The van der Waals surface area contributed by atoms with Crippen LogP contribution < -0.4 is 14.8 Å². The Hall–Kier alpha value is -3.80. The average molecular weight is 521 g/mol. The van der Waals surface area contributed by atoms with Crippen LogP contribution in [0, 0.1) is 0 Å². The molecular weight excluding hydrogens is 496 g/mol. The summed E-state index contributed by atoms with van der Waals surface area (Å²) in [5.41, 5.74) is 3.52. The molecule has 0 saturated heterocycles. The molecule has 0 saturated carbocycles. The van der Waals surface area contributed by atoms with Crippen LogP contribution >= 0.6 is 11.3 Å². The third-order valence-corrected chi connectivity index (χ3v) is 7.74. The molecule has 0 bridgehead atoms. The summed E-state index contributed by atoms with van der Waals surface area (Å²) in [7, 11) is -2.05. The summed E-state index contributed by atoms with van der Waals surface area (Å²) >= 11 is 1.57. The fraction of sp³-hybridized carbons (Fsp3) is 0.160. The number of rotatable bonds is 10. The van der Waals surface area contributed by atoms with Crippen molar-refractivity contribution in [3.8, 4) is 28.4 Å². The van der Waals surface area contributed by atoms with Crippen LogP contribution in [0.4, 0.5) is 5.95 Å². The zero-order chi connectivity index (χ0) is 25.0. The van der Waals surface area contributed by atoms with E-state index in [9.17, 15) is 8.42 Å². The zero-order valence-electron chi connectivity index (χ0n) is 19.5. The quantitative estimate of drug-likeness (QED) is 0.264. The Balaban J connectivity index is 1.25. The minimum Gasteiger partial charge on any atom is -0.497 e. The van der Waals surface area contributed by atoms with Gasteiger partial charge in [0.05, 0.1) is 23.4 Å². The molecule has 0 aliphatic heterocycles. The molecule has 0 fully saturated rings. The predicted octanol–water partition coefficient (Wildman–Crippen LogP) is 4.31. The number of methoxy groups -OCH3 is 1. The van der Waals surface area contributed by atoms with Crippen LogP contribution in [0.2, 0.25) is 0 Å². The van der Waals surface area contributed by atoms with Crippen molar-refractivity contribution in [2.45, 2.75) is 11.3 Å². The third kappa shape index (κ3) is 5.08. The first-order chi connectivity index (χ1) is 17.5. The normalized spacial score (nSPS) is 11.6. The maximum Gasteiger partial charge on any atom is 0.240 e. The molecule has 0 aliphatic rings. The molecule has 5 aromatic rings. The van der Waals surface area contributed by atoms with Crippen LogP contribution in [0.3, 0.4) is 0 Å². The van der Waals surface area contributed by atoms with Crippen molar-refractivity contribution in [1.29, 1.82) is 0 Å². The van der Waals surface area contributed by atoms with Gasteiger partial charge in [-0.3, -0.25) is 4.40 Å². The molecule has 0 spiro atoms. The van der Waals surface area contributed by atoms with Gasteiger partial charge in [-0.15, -0.1) is 11.3 Å². The number of sulfonamides is 1. The predicted molar refractivity (Wildman–Crippen MR) is 141 cm³/mol. The molecule has 36 heavy (non-hydrogen) atoms. The largest absolute Gasteiger partial charge is 0.497 e. The van der Waals surface area contributed by atoms with Crippen molar-refractivity contribution in [3.05, 3.63) is 78.4 Å². The molecule has 184 valence electrons. The highest BCUT2D eigenvalue weighted by Gasteiger charge is 2.18. The van der Waals surface area contributed by atoms with E-state index in [0.717, 1.165) is 27.6 Å². The molecule has 11 heteroatoms. The summed E-state index contributed by atoms with van der Waals surface area (Å²) in [4.78, 5) is 15.0. The van der Waals surface area contributed by atoms with Crippen molar-refractivity contribution in [1.82, 2.24) is 24.1 Å². The Labute approximate surface area is 212 Å². The molecule has 0 amide bonds. The lowest BCUT2D eigenvalue weighted by Crippen LogP contribution is -2.26. The van der Waals surface area contributed by atoms with Crippen LogP contribution in [-0.4, -0.2) is 48.0 Å². The number of imidazole rings is 1. The van der Waals surface area contributed by atoms with E-state index < -0.39 is 10.0 Å². The summed E-state index contributed by atoms with van der Waals surface area (Å²) < 4.78 is 34.7. The van der Waals surface area contributed by atoms with Crippen molar-refractivity contribution in [2.24, 2.45) is 0 Å². The number of benzene rings is 2. The highest BCUT2D eigenvalue weighted by atomic mass is 32.2. The third-order valence-electron chi connectivity index (χ3n) is 5.51.